The summed E-state index contributed by atoms with van der Waals surface area (Å²) in [5.74, 6) is -0.630. The van der Waals surface area contributed by atoms with Gasteiger partial charge in [-0.2, -0.15) is 0 Å². The second-order valence-corrected chi connectivity index (χ2v) is 7.58. The SMILES string of the molecule is O=S(=O)(NC1CCCCCC1O)c1ccc(Br)c(F)c1. The predicted octanol–water partition coefficient (Wildman–Crippen LogP) is 2.56. The van der Waals surface area contributed by atoms with Crippen LogP contribution < -0.4 is 4.72 Å². The van der Waals surface area contributed by atoms with Crippen LogP contribution in [0.1, 0.15) is 32.1 Å². The lowest BCUT2D eigenvalue weighted by atomic mass is 10.1. The molecule has 4 nitrogen and oxygen atoms in total. The minimum absolute atomic E-state index is 0.130. The summed E-state index contributed by atoms with van der Waals surface area (Å²) < 4.78 is 40.6. The fraction of sp³-hybridized carbons (Fsp3) is 0.538. The Balaban J connectivity index is 2.19. The number of aliphatic hydroxyl groups excluding tert-OH is 1. The van der Waals surface area contributed by atoms with Gasteiger partial charge in [0.05, 0.1) is 15.5 Å². The van der Waals surface area contributed by atoms with Gasteiger partial charge in [-0.1, -0.05) is 19.3 Å². The molecule has 1 saturated carbocycles. The van der Waals surface area contributed by atoms with Gasteiger partial charge in [-0.25, -0.2) is 17.5 Å². The van der Waals surface area contributed by atoms with Crippen molar-refractivity contribution in [2.24, 2.45) is 0 Å². The first-order chi connectivity index (χ1) is 9.40. The van der Waals surface area contributed by atoms with Crippen molar-refractivity contribution in [2.45, 2.75) is 49.1 Å². The largest absolute Gasteiger partial charge is 0.391 e. The lowest BCUT2D eigenvalue weighted by molar-refractivity contribution is 0.130. The van der Waals surface area contributed by atoms with Crippen molar-refractivity contribution in [1.82, 2.24) is 4.72 Å². The Morgan fingerprint density at radius 2 is 1.95 bits per heavy atom. The molecule has 0 heterocycles. The molecule has 20 heavy (non-hydrogen) atoms. The Morgan fingerprint density at radius 3 is 2.65 bits per heavy atom. The van der Waals surface area contributed by atoms with Crippen LogP contribution in [0.5, 0.6) is 0 Å². The lowest BCUT2D eigenvalue weighted by Gasteiger charge is -2.21. The van der Waals surface area contributed by atoms with E-state index in [1.807, 2.05) is 0 Å². The van der Waals surface area contributed by atoms with E-state index < -0.39 is 28.0 Å². The maximum atomic E-state index is 13.4. The molecule has 2 rings (SSSR count). The summed E-state index contributed by atoms with van der Waals surface area (Å²) in [6.07, 6.45) is 3.25. The molecule has 0 aliphatic heterocycles. The van der Waals surface area contributed by atoms with Gasteiger partial charge in [-0.05, 0) is 47.0 Å². The van der Waals surface area contributed by atoms with Crippen LogP contribution in [0.3, 0.4) is 0 Å². The Morgan fingerprint density at radius 1 is 1.25 bits per heavy atom. The molecule has 1 aliphatic rings. The predicted molar refractivity (Wildman–Crippen MR) is 77.3 cm³/mol. The number of hydrogen-bond acceptors (Lipinski definition) is 3. The van der Waals surface area contributed by atoms with Gasteiger partial charge in [0, 0.05) is 6.04 Å². The Hall–Kier alpha value is -0.500. The molecule has 1 aromatic carbocycles. The van der Waals surface area contributed by atoms with Crippen LogP contribution in [-0.4, -0.2) is 25.7 Å². The van der Waals surface area contributed by atoms with E-state index in [1.165, 1.54) is 12.1 Å². The highest BCUT2D eigenvalue weighted by atomic mass is 79.9. The molecular formula is C13H17BrFNO3S. The minimum atomic E-state index is -3.82. The molecule has 0 saturated heterocycles. The molecule has 2 atom stereocenters. The van der Waals surface area contributed by atoms with Crippen molar-refractivity contribution in [1.29, 1.82) is 0 Å². The summed E-state index contributed by atoms with van der Waals surface area (Å²) >= 11 is 2.98. The summed E-state index contributed by atoms with van der Waals surface area (Å²) in [4.78, 5) is -0.130. The summed E-state index contributed by atoms with van der Waals surface area (Å²) in [5.41, 5.74) is 0. The van der Waals surface area contributed by atoms with E-state index in [9.17, 15) is 17.9 Å². The summed E-state index contributed by atoms with van der Waals surface area (Å²) in [6.45, 7) is 0. The number of hydrogen-bond donors (Lipinski definition) is 2. The summed E-state index contributed by atoms with van der Waals surface area (Å²) in [5, 5.41) is 9.95. The topological polar surface area (TPSA) is 66.4 Å². The molecule has 1 aliphatic carbocycles. The Kier molecular flexibility index (Phi) is 5.17. The Labute approximate surface area is 126 Å². The van der Waals surface area contributed by atoms with E-state index in [-0.39, 0.29) is 9.37 Å². The number of halogens is 2. The fourth-order valence-corrected chi connectivity index (χ4v) is 3.90. The summed E-state index contributed by atoms with van der Waals surface area (Å²) in [6, 6.07) is 3.15. The molecule has 112 valence electrons. The average Bonchev–Trinajstić information content (AvgIpc) is 2.58. The van der Waals surface area contributed by atoms with Gasteiger partial charge in [-0.15, -0.1) is 0 Å². The monoisotopic (exact) mass is 365 g/mol. The standard InChI is InChI=1S/C13H17BrFNO3S/c14-10-7-6-9(8-11(10)15)20(18,19)16-12-4-2-1-3-5-13(12)17/h6-8,12-13,16-17H,1-5H2. The van der Waals surface area contributed by atoms with Gasteiger partial charge in [0.1, 0.15) is 5.82 Å². The fourth-order valence-electron chi connectivity index (χ4n) is 2.34. The smallest absolute Gasteiger partial charge is 0.241 e. The molecule has 2 unspecified atom stereocenters. The van der Waals surface area contributed by atoms with Crippen LogP contribution in [0.4, 0.5) is 4.39 Å². The van der Waals surface area contributed by atoms with Crippen molar-refractivity contribution in [3.05, 3.63) is 28.5 Å². The molecule has 1 aromatic rings. The number of benzene rings is 1. The molecule has 2 N–H and O–H groups in total. The van der Waals surface area contributed by atoms with Gasteiger partial charge in [0.2, 0.25) is 10.0 Å². The first-order valence-corrected chi connectivity index (χ1v) is 8.83. The van der Waals surface area contributed by atoms with Crippen molar-refractivity contribution >= 4 is 26.0 Å². The highest BCUT2D eigenvalue weighted by Gasteiger charge is 2.27. The molecule has 7 heteroatoms. The highest BCUT2D eigenvalue weighted by Crippen LogP contribution is 2.22. The van der Waals surface area contributed by atoms with Gasteiger partial charge in [0.15, 0.2) is 0 Å². The second-order valence-electron chi connectivity index (χ2n) is 5.01. The summed E-state index contributed by atoms with van der Waals surface area (Å²) in [7, 11) is -3.82. The third-order valence-corrected chi connectivity index (χ3v) is 5.62. The van der Waals surface area contributed by atoms with Gasteiger partial charge in [-0.3, -0.25) is 0 Å². The van der Waals surface area contributed by atoms with E-state index in [0.717, 1.165) is 25.3 Å². The van der Waals surface area contributed by atoms with E-state index in [2.05, 4.69) is 20.7 Å². The van der Waals surface area contributed by atoms with Crippen LogP contribution in [0.2, 0.25) is 0 Å². The lowest BCUT2D eigenvalue weighted by Crippen LogP contribution is -2.42. The number of rotatable bonds is 3. The van der Waals surface area contributed by atoms with Gasteiger partial charge in [0.25, 0.3) is 0 Å². The minimum Gasteiger partial charge on any atom is -0.391 e. The first kappa shape index (κ1) is 15.9. The van der Waals surface area contributed by atoms with E-state index in [4.69, 9.17) is 0 Å². The van der Waals surface area contributed by atoms with Gasteiger partial charge >= 0.3 is 0 Å². The van der Waals surface area contributed by atoms with Gasteiger partial charge < -0.3 is 5.11 Å². The average molecular weight is 366 g/mol. The number of nitrogens with one attached hydrogen (secondary N) is 1. The first-order valence-electron chi connectivity index (χ1n) is 6.55. The Bertz CT molecular complexity index is 579. The zero-order valence-corrected chi connectivity index (χ0v) is 13.3. The highest BCUT2D eigenvalue weighted by molar-refractivity contribution is 9.10. The molecule has 0 amide bonds. The van der Waals surface area contributed by atoms with E-state index >= 15 is 0 Å². The molecule has 0 aromatic heterocycles. The molecule has 1 fully saturated rings. The zero-order valence-electron chi connectivity index (χ0n) is 10.9. The normalized spacial score (nSPS) is 24.4. The molecule has 0 radical (unpaired) electrons. The third-order valence-electron chi connectivity index (χ3n) is 3.49. The quantitative estimate of drug-likeness (QED) is 0.808. The van der Waals surface area contributed by atoms with Crippen molar-refractivity contribution < 1.29 is 17.9 Å². The number of sulfonamides is 1. The maximum Gasteiger partial charge on any atom is 0.241 e. The molecule has 0 bridgehead atoms. The zero-order chi connectivity index (χ0) is 14.8. The van der Waals surface area contributed by atoms with Crippen LogP contribution in [0.25, 0.3) is 0 Å². The van der Waals surface area contributed by atoms with Crippen LogP contribution >= 0.6 is 15.9 Å². The van der Waals surface area contributed by atoms with Crippen LogP contribution in [0.15, 0.2) is 27.6 Å². The van der Waals surface area contributed by atoms with Crippen molar-refractivity contribution in [2.75, 3.05) is 0 Å². The van der Waals surface area contributed by atoms with Crippen molar-refractivity contribution in [3.63, 3.8) is 0 Å². The van der Waals surface area contributed by atoms with Crippen molar-refractivity contribution in [3.8, 4) is 0 Å². The van der Waals surface area contributed by atoms with Crippen LogP contribution in [-0.2, 0) is 10.0 Å². The third kappa shape index (κ3) is 3.78. The van der Waals surface area contributed by atoms with E-state index in [1.54, 1.807) is 0 Å². The van der Waals surface area contributed by atoms with Crippen LogP contribution in [0, 0.1) is 5.82 Å². The second kappa shape index (κ2) is 6.51. The maximum absolute atomic E-state index is 13.4. The molecular weight excluding hydrogens is 349 g/mol. The van der Waals surface area contributed by atoms with E-state index in [0.29, 0.717) is 12.8 Å². The molecule has 0 spiro atoms. The number of aliphatic hydroxyl groups is 1.